The highest BCUT2D eigenvalue weighted by Gasteiger charge is 2.18. The summed E-state index contributed by atoms with van der Waals surface area (Å²) >= 11 is 0. The van der Waals surface area contributed by atoms with Crippen molar-refractivity contribution in [2.24, 2.45) is 0 Å². The highest BCUT2D eigenvalue weighted by Crippen LogP contribution is 2.31. The number of imidazole rings is 1. The molecular formula is C29H33N3O3. The van der Waals surface area contributed by atoms with Gasteiger partial charge in [0.05, 0.1) is 25.1 Å². The summed E-state index contributed by atoms with van der Waals surface area (Å²) in [4.78, 5) is 19.7. The molecule has 4 rings (SSSR count). The quantitative estimate of drug-likeness (QED) is 0.290. The Bertz CT molecular complexity index is 1310. The first-order chi connectivity index (χ1) is 17.1. The first-order valence-corrected chi connectivity index (χ1v) is 12.2. The Balaban J connectivity index is 1.80. The summed E-state index contributed by atoms with van der Waals surface area (Å²) in [5.41, 5.74) is 5.83. The van der Waals surface area contributed by atoms with Crippen LogP contribution in [0.2, 0.25) is 0 Å². The van der Waals surface area contributed by atoms with Crippen molar-refractivity contribution in [3.05, 3.63) is 72.6 Å². The third-order valence-electron chi connectivity index (χ3n) is 6.23. The third kappa shape index (κ3) is 5.32. The zero-order valence-corrected chi connectivity index (χ0v) is 21.0. The number of methoxy groups -OCH3 is 1. The van der Waals surface area contributed by atoms with Crippen molar-refractivity contribution in [2.45, 2.75) is 33.6 Å². The Hall–Kier alpha value is -3.80. The van der Waals surface area contributed by atoms with Gasteiger partial charge in [-0.3, -0.25) is 4.79 Å². The molecule has 182 valence electrons. The smallest absolute Gasteiger partial charge is 0.222 e. The number of fused-ring (bicyclic) bond motifs is 1. The SMILES string of the molecule is CCOc1cccc(-c2ccc3nc(-c4cccc(OC)c4)c(CCC(=O)N(CC)CC)n3c2)c1. The minimum atomic E-state index is 0.155. The van der Waals surface area contributed by atoms with E-state index in [0.29, 0.717) is 32.5 Å². The van der Waals surface area contributed by atoms with Crippen LogP contribution in [-0.4, -0.2) is 47.0 Å². The van der Waals surface area contributed by atoms with Gasteiger partial charge in [-0.15, -0.1) is 0 Å². The van der Waals surface area contributed by atoms with Crippen LogP contribution in [0.4, 0.5) is 0 Å². The third-order valence-corrected chi connectivity index (χ3v) is 6.23. The lowest BCUT2D eigenvalue weighted by Crippen LogP contribution is -2.30. The van der Waals surface area contributed by atoms with E-state index in [2.05, 4.69) is 22.7 Å². The molecule has 0 radical (unpaired) electrons. The highest BCUT2D eigenvalue weighted by atomic mass is 16.5. The zero-order valence-electron chi connectivity index (χ0n) is 21.0. The van der Waals surface area contributed by atoms with E-state index < -0.39 is 0 Å². The van der Waals surface area contributed by atoms with Gasteiger partial charge in [-0.25, -0.2) is 4.98 Å². The van der Waals surface area contributed by atoms with Crippen LogP contribution in [0.25, 0.3) is 28.0 Å². The minimum Gasteiger partial charge on any atom is -0.497 e. The van der Waals surface area contributed by atoms with Gasteiger partial charge in [-0.05, 0) is 74.7 Å². The average Bonchev–Trinajstić information content (AvgIpc) is 3.26. The molecule has 2 heterocycles. The van der Waals surface area contributed by atoms with Crippen LogP contribution >= 0.6 is 0 Å². The molecule has 0 atom stereocenters. The van der Waals surface area contributed by atoms with Crippen molar-refractivity contribution in [2.75, 3.05) is 26.8 Å². The fourth-order valence-corrected chi connectivity index (χ4v) is 4.40. The van der Waals surface area contributed by atoms with E-state index in [-0.39, 0.29) is 5.91 Å². The van der Waals surface area contributed by atoms with Gasteiger partial charge in [0.15, 0.2) is 0 Å². The molecule has 35 heavy (non-hydrogen) atoms. The van der Waals surface area contributed by atoms with E-state index in [1.165, 1.54) is 0 Å². The first kappa shape index (κ1) is 24.3. The van der Waals surface area contributed by atoms with Crippen molar-refractivity contribution in [3.63, 3.8) is 0 Å². The molecule has 0 saturated heterocycles. The van der Waals surface area contributed by atoms with E-state index in [1.807, 2.05) is 74.2 Å². The molecule has 0 unspecified atom stereocenters. The lowest BCUT2D eigenvalue weighted by Gasteiger charge is -2.18. The van der Waals surface area contributed by atoms with Crippen LogP contribution in [0.3, 0.4) is 0 Å². The van der Waals surface area contributed by atoms with Gasteiger partial charge in [0.25, 0.3) is 0 Å². The van der Waals surface area contributed by atoms with Gasteiger partial charge in [0, 0.05) is 31.3 Å². The highest BCUT2D eigenvalue weighted by molar-refractivity contribution is 5.77. The number of amides is 1. The number of aryl methyl sites for hydroxylation is 1. The van der Waals surface area contributed by atoms with E-state index in [4.69, 9.17) is 14.5 Å². The number of hydrogen-bond donors (Lipinski definition) is 0. The summed E-state index contributed by atoms with van der Waals surface area (Å²) in [6.45, 7) is 8.06. The van der Waals surface area contributed by atoms with Crippen molar-refractivity contribution in [3.8, 4) is 33.9 Å². The molecule has 0 fully saturated rings. The number of ether oxygens (including phenoxy) is 2. The van der Waals surface area contributed by atoms with Crippen molar-refractivity contribution in [1.29, 1.82) is 0 Å². The molecule has 0 aliphatic heterocycles. The molecule has 6 nitrogen and oxygen atoms in total. The number of carbonyl (C=O) groups is 1. The topological polar surface area (TPSA) is 56.1 Å². The Morgan fingerprint density at radius 1 is 0.914 bits per heavy atom. The summed E-state index contributed by atoms with van der Waals surface area (Å²) in [6.07, 6.45) is 3.12. The number of rotatable bonds is 10. The molecule has 0 saturated carbocycles. The Morgan fingerprint density at radius 2 is 1.63 bits per heavy atom. The standard InChI is InChI=1S/C29H33N3O3/c1-5-31(6-2)28(33)17-15-26-29(22-11-9-12-24(19-22)34-4)30-27-16-14-23(20-32(26)27)21-10-8-13-25(18-21)35-7-3/h8-14,16,18-20H,5-7,15,17H2,1-4H3. The monoisotopic (exact) mass is 471 g/mol. The Labute approximate surface area is 207 Å². The largest absolute Gasteiger partial charge is 0.497 e. The first-order valence-electron chi connectivity index (χ1n) is 12.2. The Kier molecular flexibility index (Phi) is 7.70. The van der Waals surface area contributed by atoms with Gasteiger partial charge >= 0.3 is 0 Å². The van der Waals surface area contributed by atoms with E-state index >= 15 is 0 Å². The predicted octanol–water partition coefficient (Wildman–Crippen LogP) is 5.88. The normalized spacial score (nSPS) is 11.0. The lowest BCUT2D eigenvalue weighted by molar-refractivity contribution is -0.130. The van der Waals surface area contributed by atoms with Crippen LogP contribution in [0.15, 0.2) is 66.9 Å². The molecule has 2 aromatic carbocycles. The number of nitrogens with zero attached hydrogens (tertiary/aromatic N) is 3. The molecule has 1 amide bonds. The summed E-state index contributed by atoms with van der Waals surface area (Å²) in [5.74, 6) is 1.78. The van der Waals surface area contributed by atoms with Crippen molar-refractivity contribution in [1.82, 2.24) is 14.3 Å². The summed E-state index contributed by atoms with van der Waals surface area (Å²) in [6, 6.07) is 20.1. The van der Waals surface area contributed by atoms with Gasteiger partial charge in [-0.2, -0.15) is 0 Å². The van der Waals surface area contributed by atoms with Crippen LogP contribution in [-0.2, 0) is 11.2 Å². The molecule has 0 bridgehead atoms. The number of carbonyl (C=O) groups excluding carboxylic acids is 1. The molecular weight excluding hydrogens is 438 g/mol. The fourth-order valence-electron chi connectivity index (χ4n) is 4.40. The summed E-state index contributed by atoms with van der Waals surface area (Å²) in [7, 11) is 1.66. The van der Waals surface area contributed by atoms with Crippen LogP contribution in [0.5, 0.6) is 11.5 Å². The summed E-state index contributed by atoms with van der Waals surface area (Å²) in [5, 5.41) is 0. The molecule has 0 aliphatic rings. The Morgan fingerprint density at radius 3 is 2.34 bits per heavy atom. The second-order valence-corrected chi connectivity index (χ2v) is 8.31. The number of benzene rings is 2. The van der Waals surface area contributed by atoms with Crippen LogP contribution in [0, 0.1) is 0 Å². The second kappa shape index (κ2) is 11.1. The minimum absolute atomic E-state index is 0.155. The number of hydrogen-bond acceptors (Lipinski definition) is 4. The van der Waals surface area contributed by atoms with Crippen LogP contribution < -0.4 is 9.47 Å². The van der Waals surface area contributed by atoms with E-state index in [0.717, 1.165) is 45.2 Å². The lowest BCUT2D eigenvalue weighted by atomic mass is 10.1. The maximum absolute atomic E-state index is 12.8. The van der Waals surface area contributed by atoms with Gasteiger partial charge in [0.2, 0.25) is 5.91 Å². The van der Waals surface area contributed by atoms with Crippen molar-refractivity contribution >= 4 is 11.6 Å². The fraction of sp³-hybridized carbons (Fsp3) is 0.310. The molecule has 4 aromatic rings. The maximum atomic E-state index is 12.8. The van der Waals surface area contributed by atoms with Crippen LogP contribution in [0.1, 0.15) is 32.9 Å². The molecule has 2 aromatic heterocycles. The molecule has 0 aliphatic carbocycles. The zero-order chi connectivity index (χ0) is 24.8. The van der Waals surface area contributed by atoms with Gasteiger partial charge < -0.3 is 18.8 Å². The number of pyridine rings is 1. The van der Waals surface area contributed by atoms with Gasteiger partial charge in [-0.1, -0.05) is 24.3 Å². The van der Waals surface area contributed by atoms with Gasteiger partial charge in [0.1, 0.15) is 17.1 Å². The predicted molar refractivity (Wildman–Crippen MR) is 140 cm³/mol. The average molecular weight is 472 g/mol. The van der Waals surface area contributed by atoms with E-state index in [9.17, 15) is 4.79 Å². The maximum Gasteiger partial charge on any atom is 0.222 e. The molecule has 0 N–H and O–H groups in total. The second-order valence-electron chi connectivity index (χ2n) is 8.31. The van der Waals surface area contributed by atoms with E-state index in [1.54, 1.807) is 7.11 Å². The molecule has 6 heteroatoms. The summed E-state index contributed by atoms with van der Waals surface area (Å²) < 4.78 is 13.3. The number of aromatic nitrogens is 2. The van der Waals surface area contributed by atoms with Crippen molar-refractivity contribution < 1.29 is 14.3 Å². The molecule has 0 spiro atoms.